The first-order chi connectivity index (χ1) is 16.6. The van der Waals surface area contributed by atoms with Gasteiger partial charge >= 0.3 is 0 Å². The molecule has 0 saturated carbocycles. The predicted molar refractivity (Wildman–Crippen MR) is 124 cm³/mol. The lowest BCUT2D eigenvalue weighted by atomic mass is 9.97. The van der Waals surface area contributed by atoms with E-state index in [1.54, 1.807) is 24.5 Å². The summed E-state index contributed by atoms with van der Waals surface area (Å²) in [5.74, 6) is 0.621. The van der Waals surface area contributed by atoms with Crippen molar-refractivity contribution in [1.82, 2.24) is 24.5 Å². The average Bonchev–Trinajstić information content (AvgIpc) is 3.37. The van der Waals surface area contributed by atoms with Crippen molar-refractivity contribution in [3.8, 4) is 17.0 Å². The van der Waals surface area contributed by atoms with Gasteiger partial charge < -0.3 is 15.4 Å². The zero-order valence-electron chi connectivity index (χ0n) is 18.4. The number of hydrogen-bond acceptors (Lipinski definition) is 6. The van der Waals surface area contributed by atoms with Crippen LogP contribution in [0.25, 0.3) is 16.9 Å². The lowest BCUT2D eigenvalue weighted by Gasteiger charge is -2.32. The van der Waals surface area contributed by atoms with Crippen molar-refractivity contribution in [3.05, 3.63) is 78.4 Å². The maximum atomic E-state index is 13.0. The first-order valence-corrected chi connectivity index (χ1v) is 11.1. The van der Waals surface area contributed by atoms with Crippen molar-refractivity contribution in [2.24, 2.45) is 11.7 Å². The fourth-order valence-corrected chi connectivity index (χ4v) is 4.19. The van der Waals surface area contributed by atoms with Crippen molar-refractivity contribution in [2.75, 3.05) is 19.7 Å². The predicted octanol–water partition coefficient (Wildman–Crippen LogP) is 2.62. The number of nitrogens with zero attached hydrogens (tertiary/aromatic N) is 5. The van der Waals surface area contributed by atoms with E-state index in [2.05, 4.69) is 21.4 Å². The quantitative estimate of drug-likeness (QED) is 0.478. The van der Waals surface area contributed by atoms with E-state index in [0.717, 1.165) is 29.8 Å². The van der Waals surface area contributed by atoms with Gasteiger partial charge in [-0.05, 0) is 55.2 Å². The summed E-state index contributed by atoms with van der Waals surface area (Å²) < 4.78 is 7.34. The number of benzene rings is 1. The van der Waals surface area contributed by atoms with Crippen molar-refractivity contribution in [1.29, 1.82) is 0 Å². The molecule has 1 aliphatic heterocycles. The molecule has 2 N–H and O–H groups in total. The number of carbonyl (C=O) groups excluding carboxylic acids is 2. The number of primary amides is 1. The van der Waals surface area contributed by atoms with Crippen LogP contribution in [0.5, 0.6) is 5.75 Å². The molecule has 0 spiro atoms. The van der Waals surface area contributed by atoms with Crippen LogP contribution in [0.1, 0.15) is 33.6 Å². The molecule has 4 aromatic rings. The van der Waals surface area contributed by atoms with Crippen molar-refractivity contribution >= 4 is 17.5 Å². The number of nitrogens with two attached hydrogens (primary N) is 1. The molecule has 1 fully saturated rings. The topological polar surface area (TPSA) is 116 Å². The Labute approximate surface area is 196 Å². The summed E-state index contributed by atoms with van der Waals surface area (Å²) in [4.78, 5) is 34.6. The highest BCUT2D eigenvalue weighted by Gasteiger charge is 2.24. The zero-order valence-corrected chi connectivity index (χ0v) is 18.4. The highest BCUT2D eigenvalue weighted by atomic mass is 16.5. The Morgan fingerprint density at radius 2 is 1.88 bits per heavy atom. The molecule has 1 aliphatic rings. The second-order valence-corrected chi connectivity index (χ2v) is 8.26. The van der Waals surface area contributed by atoms with Crippen LogP contribution in [0.15, 0.2) is 60.9 Å². The van der Waals surface area contributed by atoms with Gasteiger partial charge in [0.15, 0.2) is 5.65 Å². The molecule has 34 heavy (non-hydrogen) atoms. The van der Waals surface area contributed by atoms with Crippen LogP contribution < -0.4 is 10.5 Å². The maximum Gasteiger partial charge on any atom is 0.253 e. The summed E-state index contributed by atoms with van der Waals surface area (Å²) in [7, 11) is 0. The van der Waals surface area contributed by atoms with E-state index in [4.69, 9.17) is 10.5 Å². The summed E-state index contributed by atoms with van der Waals surface area (Å²) in [5.41, 5.74) is 8.23. The van der Waals surface area contributed by atoms with Crippen LogP contribution in [-0.2, 0) is 0 Å². The van der Waals surface area contributed by atoms with Gasteiger partial charge in [0, 0.05) is 30.4 Å². The van der Waals surface area contributed by atoms with E-state index < -0.39 is 5.91 Å². The Hall–Kier alpha value is -4.27. The third-order valence-electron chi connectivity index (χ3n) is 6.09. The van der Waals surface area contributed by atoms with Crippen molar-refractivity contribution < 1.29 is 14.3 Å². The molecule has 1 radical (unpaired) electrons. The Morgan fingerprint density at radius 1 is 1.09 bits per heavy atom. The normalized spacial score (nSPS) is 14.3. The Morgan fingerprint density at radius 3 is 2.59 bits per heavy atom. The molecule has 3 aromatic heterocycles. The van der Waals surface area contributed by atoms with Gasteiger partial charge in [-0.15, -0.1) is 5.10 Å². The zero-order chi connectivity index (χ0) is 23.5. The molecule has 2 amide bonds. The minimum Gasteiger partial charge on any atom is -0.492 e. The number of amides is 2. The monoisotopic (exact) mass is 455 g/mol. The van der Waals surface area contributed by atoms with Gasteiger partial charge in [-0.1, -0.05) is 12.1 Å². The summed E-state index contributed by atoms with van der Waals surface area (Å²) in [6.07, 6.45) is 7.75. The van der Waals surface area contributed by atoms with Crippen LogP contribution >= 0.6 is 0 Å². The number of rotatable bonds is 6. The molecule has 0 aliphatic carbocycles. The second kappa shape index (κ2) is 9.30. The molecule has 0 unspecified atom stereocenters. The standard InChI is InChI=1S/C25H23N6O3/c26-23(32)21-7-8-22(31-24(21)28-16-29-31)18-3-5-19(6-4-18)25(33)30-12-9-17(10-13-30)15-34-20-2-1-11-27-14-20/h1-8,11,14,17H,9-10,12-13,15H2,(H2,26,32). The highest BCUT2D eigenvalue weighted by Crippen LogP contribution is 2.24. The maximum absolute atomic E-state index is 13.0. The third-order valence-corrected chi connectivity index (χ3v) is 6.09. The molecule has 1 saturated heterocycles. The molecule has 9 heteroatoms. The van der Waals surface area contributed by atoms with Crippen LogP contribution in [0.2, 0.25) is 0 Å². The van der Waals surface area contributed by atoms with E-state index in [-0.39, 0.29) is 11.5 Å². The number of ether oxygens (including phenoxy) is 1. The minimum absolute atomic E-state index is 0.0153. The second-order valence-electron chi connectivity index (χ2n) is 8.26. The summed E-state index contributed by atoms with van der Waals surface area (Å²) >= 11 is 0. The van der Waals surface area contributed by atoms with E-state index in [1.807, 2.05) is 41.3 Å². The van der Waals surface area contributed by atoms with Gasteiger partial charge in [-0.3, -0.25) is 14.6 Å². The van der Waals surface area contributed by atoms with E-state index in [1.165, 1.54) is 4.52 Å². The number of carbonyl (C=O) groups is 2. The largest absolute Gasteiger partial charge is 0.492 e. The van der Waals surface area contributed by atoms with Crippen molar-refractivity contribution in [2.45, 2.75) is 12.8 Å². The van der Waals surface area contributed by atoms with Crippen molar-refractivity contribution in [3.63, 3.8) is 0 Å². The lowest BCUT2D eigenvalue weighted by molar-refractivity contribution is 0.0661. The minimum atomic E-state index is -0.577. The average molecular weight is 455 g/mol. The fraction of sp³-hybridized carbons (Fsp3) is 0.240. The number of likely N-dealkylation sites (tertiary alicyclic amines) is 1. The fourth-order valence-electron chi connectivity index (χ4n) is 4.19. The van der Waals surface area contributed by atoms with Crippen LogP contribution in [0, 0.1) is 12.2 Å². The van der Waals surface area contributed by atoms with Crippen LogP contribution in [0.3, 0.4) is 0 Å². The Balaban J connectivity index is 1.23. The molecule has 4 heterocycles. The highest BCUT2D eigenvalue weighted by molar-refractivity contribution is 5.99. The number of fused-ring (bicyclic) bond motifs is 1. The van der Waals surface area contributed by atoms with E-state index >= 15 is 0 Å². The van der Waals surface area contributed by atoms with Gasteiger partial charge in [0.05, 0.1) is 24.1 Å². The Kier molecular flexibility index (Phi) is 5.90. The molecule has 0 bridgehead atoms. The van der Waals surface area contributed by atoms with Gasteiger partial charge in [0.1, 0.15) is 5.75 Å². The third kappa shape index (κ3) is 4.32. The molecule has 0 atom stereocenters. The van der Waals surface area contributed by atoms with Crippen LogP contribution in [-0.4, -0.2) is 56.0 Å². The molecular weight excluding hydrogens is 432 g/mol. The molecular formula is C25H23N6O3. The van der Waals surface area contributed by atoms with E-state index in [0.29, 0.717) is 36.8 Å². The first-order valence-electron chi connectivity index (χ1n) is 11.1. The number of aromatic nitrogens is 4. The number of piperidine rings is 1. The van der Waals surface area contributed by atoms with E-state index in [9.17, 15) is 9.59 Å². The van der Waals surface area contributed by atoms with Crippen LogP contribution in [0.4, 0.5) is 0 Å². The Bertz CT molecular complexity index is 1310. The smallest absolute Gasteiger partial charge is 0.253 e. The number of hydrogen-bond donors (Lipinski definition) is 1. The van der Waals surface area contributed by atoms with Gasteiger partial charge in [-0.2, -0.15) is 0 Å². The molecule has 171 valence electrons. The SMILES string of the molecule is NC(=O)c1ccc(-c2ccc(C(=O)N3CCC(COc4cccnc4)CC3)cc2)n2n[c]nc12. The van der Waals surface area contributed by atoms with Gasteiger partial charge in [-0.25, -0.2) is 9.50 Å². The molecule has 9 nitrogen and oxygen atoms in total. The first kappa shape index (κ1) is 21.6. The van der Waals surface area contributed by atoms with Gasteiger partial charge in [0.25, 0.3) is 11.8 Å². The lowest BCUT2D eigenvalue weighted by Crippen LogP contribution is -2.39. The van der Waals surface area contributed by atoms with Gasteiger partial charge in [0.2, 0.25) is 6.33 Å². The summed E-state index contributed by atoms with van der Waals surface area (Å²) in [5, 5.41) is 4.09. The number of pyridine rings is 2. The molecule has 5 rings (SSSR count). The molecule has 1 aromatic carbocycles. The summed E-state index contributed by atoms with van der Waals surface area (Å²) in [6.45, 7) is 2.03. The summed E-state index contributed by atoms with van der Waals surface area (Å²) in [6, 6.07) is 14.5.